The summed E-state index contributed by atoms with van der Waals surface area (Å²) in [5.41, 5.74) is -0.691. The fourth-order valence-electron chi connectivity index (χ4n) is 2.34. The fraction of sp³-hybridized carbons (Fsp3) is 0.143. The SMILES string of the molecule is N#C/C(C(=O)Nc1ccc(C(F)(F)F)cc1)=C(/O)CC(O)/C=C/c1ccccc1. The van der Waals surface area contributed by atoms with Gasteiger partial charge in [-0.3, -0.25) is 4.79 Å². The van der Waals surface area contributed by atoms with E-state index in [1.54, 1.807) is 18.2 Å². The van der Waals surface area contributed by atoms with Crippen molar-refractivity contribution in [1.29, 1.82) is 5.26 Å². The second kappa shape index (κ2) is 9.57. The van der Waals surface area contributed by atoms with E-state index in [4.69, 9.17) is 5.26 Å². The van der Waals surface area contributed by atoms with Gasteiger partial charge >= 0.3 is 6.18 Å². The zero-order valence-electron chi connectivity index (χ0n) is 15.0. The highest BCUT2D eigenvalue weighted by atomic mass is 19.4. The number of anilines is 1. The van der Waals surface area contributed by atoms with Crippen molar-refractivity contribution in [2.45, 2.75) is 18.7 Å². The lowest BCUT2D eigenvalue weighted by Crippen LogP contribution is -2.17. The third-order valence-electron chi connectivity index (χ3n) is 3.81. The van der Waals surface area contributed by atoms with Gasteiger partial charge in [0, 0.05) is 12.1 Å². The monoisotopic (exact) mass is 402 g/mol. The molecule has 2 rings (SSSR count). The number of amides is 1. The Kier molecular flexibility index (Phi) is 7.17. The molecular weight excluding hydrogens is 385 g/mol. The van der Waals surface area contributed by atoms with Crippen LogP contribution >= 0.6 is 0 Å². The summed E-state index contributed by atoms with van der Waals surface area (Å²) in [5.74, 6) is -1.63. The van der Waals surface area contributed by atoms with Gasteiger partial charge in [-0.15, -0.1) is 0 Å². The van der Waals surface area contributed by atoms with Gasteiger partial charge in [-0.1, -0.05) is 42.5 Å². The second-order valence-corrected chi connectivity index (χ2v) is 6.00. The highest BCUT2D eigenvalue weighted by molar-refractivity contribution is 6.06. The maximum absolute atomic E-state index is 12.6. The number of nitrogens with one attached hydrogen (secondary N) is 1. The summed E-state index contributed by atoms with van der Waals surface area (Å²) in [6, 6.07) is 14.2. The highest BCUT2D eigenvalue weighted by Crippen LogP contribution is 2.29. The number of nitrogens with zero attached hydrogens (tertiary/aromatic N) is 1. The van der Waals surface area contributed by atoms with Crippen LogP contribution in [-0.4, -0.2) is 22.2 Å². The molecule has 3 N–H and O–H groups in total. The molecule has 0 saturated carbocycles. The van der Waals surface area contributed by atoms with E-state index < -0.39 is 35.1 Å². The normalized spacial score (nSPS) is 13.5. The lowest BCUT2D eigenvalue weighted by molar-refractivity contribution is -0.137. The van der Waals surface area contributed by atoms with E-state index in [-0.39, 0.29) is 12.1 Å². The van der Waals surface area contributed by atoms with Crippen molar-refractivity contribution in [2.24, 2.45) is 0 Å². The third kappa shape index (κ3) is 6.52. The first-order chi connectivity index (χ1) is 13.7. The van der Waals surface area contributed by atoms with Crippen LogP contribution in [0.4, 0.5) is 18.9 Å². The average molecular weight is 402 g/mol. The van der Waals surface area contributed by atoms with E-state index in [1.807, 2.05) is 18.2 Å². The largest absolute Gasteiger partial charge is 0.511 e. The predicted octanol–water partition coefficient (Wildman–Crippen LogP) is 4.44. The van der Waals surface area contributed by atoms with Gasteiger partial charge in [0.1, 0.15) is 11.8 Å². The summed E-state index contributed by atoms with van der Waals surface area (Å²) < 4.78 is 37.7. The van der Waals surface area contributed by atoms with Gasteiger partial charge in [0.25, 0.3) is 5.91 Å². The third-order valence-corrected chi connectivity index (χ3v) is 3.81. The van der Waals surface area contributed by atoms with E-state index in [9.17, 15) is 28.2 Å². The molecule has 1 unspecified atom stereocenters. The zero-order chi connectivity index (χ0) is 21.4. The van der Waals surface area contributed by atoms with Crippen LogP contribution in [0.3, 0.4) is 0 Å². The van der Waals surface area contributed by atoms with Crippen LogP contribution in [0.2, 0.25) is 0 Å². The number of alkyl halides is 3. The summed E-state index contributed by atoms with van der Waals surface area (Å²) in [4.78, 5) is 12.2. The molecule has 29 heavy (non-hydrogen) atoms. The Morgan fingerprint density at radius 3 is 2.31 bits per heavy atom. The first-order valence-electron chi connectivity index (χ1n) is 8.43. The zero-order valence-corrected chi connectivity index (χ0v) is 15.0. The summed E-state index contributed by atoms with van der Waals surface area (Å²) in [7, 11) is 0. The van der Waals surface area contributed by atoms with Crippen molar-refractivity contribution in [3.05, 3.63) is 83.1 Å². The Bertz CT molecular complexity index is 944. The molecule has 0 saturated heterocycles. The van der Waals surface area contributed by atoms with Gasteiger partial charge in [0.2, 0.25) is 0 Å². The Balaban J connectivity index is 2.05. The second-order valence-electron chi connectivity index (χ2n) is 6.00. The molecule has 0 spiro atoms. The number of halogens is 3. The highest BCUT2D eigenvalue weighted by Gasteiger charge is 2.30. The minimum Gasteiger partial charge on any atom is -0.511 e. The number of carbonyl (C=O) groups is 1. The molecule has 1 atom stereocenters. The van der Waals surface area contributed by atoms with Crippen molar-refractivity contribution in [1.82, 2.24) is 0 Å². The lowest BCUT2D eigenvalue weighted by atomic mass is 10.1. The molecule has 0 aromatic heterocycles. The quantitative estimate of drug-likeness (QED) is 0.378. The molecule has 0 aliphatic carbocycles. The van der Waals surface area contributed by atoms with Crippen molar-refractivity contribution in [3.63, 3.8) is 0 Å². The van der Waals surface area contributed by atoms with Crippen LogP contribution in [0.25, 0.3) is 6.08 Å². The van der Waals surface area contributed by atoms with E-state index in [0.29, 0.717) is 0 Å². The van der Waals surface area contributed by atoms with E-state index in [1.165, 1.54) is 12.1 Å². The Labute approximate surface area is 165 Å². The first-order valence-corrected chi connectivity index (χ1v) is 8.43. The molecule has 0 aliphatic rings. The van der Waals surface area contributed by atoms with Gasteiger partial charge in [0.15, 0.2) is 5.57 Å². The number of nitriles is 1. The smallest absolute Gasteiger partial charge is 0.416 e. The molecule has 0 fully saturated rings. The van der Waals surface area contributed by atoms with Crippen molar-refractivity contribution < 1.29 is 28.2 Å². The van der Waals surface area contributed by atoms with Crippen LogP contribution in [0.1, 0.15) is 17.5 Å². The number of hydrogen-bond donors (Lipinski definition) is 3. The van der Waals surface area contributed by atoms with Crippen molar-refractivity contribution in [2.75, 3.05) is 5.32 Å². The fourth-order valence-corrected chi connectivity index (χ4v) is 2.34. The van der Waals surface area contributed by atoms with Crippen LogP contribution in [0.15, 0.2) is 72.0 Å². The molecule has 8 heteroatoms. The number of rotatable bonds is 6. The maximum atomic E-state index is 12.6. The van der Waals surface area contributed by atoms with Gasteiger partial charge in [0.05, 0.1) is 11.7 Å². The van der Waals surface area contributed by atoms with Crippen molar-refractivity contribution in [3.8, 4) is 6.07 Å². The predicted molar refractivity (Wildman–Crippen MR) is 101 cm³/mol. The molecule has 0 heterocycles. The molecule has 2 aromatic rings. The van der Waals surface area contributed by atoms with Gasteiger partial charge < -0.3 is 15.5 Å². The van der Waals surface area contributed by atoms with Gasteiger partial charge in [-0.05, 0) is 29.8 Å². The molecular formula is C21H17F3N2O3. The summed E-state index contributed by atoms with van der Waals surface area (Å²) >= 11 is 0. The topological polar surface area (TPSA) is 93.4 Å². The van der Waals surface area contributed by atoms with Crippen molar-refractivity contribution >= 4 is 17.7 Å². The number of aliphatic hydroxyl groups excluding tert-OH is 2. The number of aliphatic hydroxyl groups is 2. The standard InChI is InChI=1S/C21H17F3N2O3/c22-21(23,24)15-7-9-16(10-8-15)26-20(29)18(13-25)19(28)12-17(27)11-6-14-4-2-1-3-5-14/h1-11,17,27-28H,12H2,(H,26,29)/b11-6+,19-18-. The maximum Gasteiger partial charge on any atom is 0.416 e. The van der Waals surface area contributed by atoms with Crippen LogP contribution in [0.5, 0.6) is 0 Å². The molecule has 0 aliphatic heterocycles. The van der Waals surface area contributed by atoms with E-state index >= 15 is 0 Å². The number of carbonyl (C=O) groups excluding carboxylic acids is 1. The molecule has 5 nitrogen and oxygen atoms in total. The van der Waals surface area contributed by atoms with Crippen LogP contribution in [0, 0.1) is 11.3 Å². The van der Waals surface area contributed by atoms with Crippen LogP contribution < -0.4 is 5.32 Å². The number of benzene rings is 2. The van der Waals surface area contributed by atoms with Crippen LogP contribution in [-0.2, 0) is 11.0 Å². The minimum absolute atomic E-state index is 0.0214. The lowest BCUT2D eigenvalue weighted by Gasteiger charge is -2.10. The van der Waals surface area contributed by atoms with Gasteiger partial charge in [-0.2, -0.15) is 18.4 Å². The van der Waals surface area contributed by atoms with E-state index in [2.05, 4.69) is 5.32 Å². The molecule has 150 valence electrons. The van der Waals surface area contributed by atoms with E-state index in [0.717, 1.165) is 29.8 Å². The molecule has 2 aromatic carbocycles. The molecule has 1 amide bonds. The summed E-state index contributed by atoms with van der Waals surface area (Å²) in [5, 5.41) is 31.4. The molecule has 0 radical (unpaired) electrons. The Hall–Kier alpha value is -3.57. The Morgan fingerprint density at radius 2 is 1.76 bits per heavy atom. The van der Waals surface area contributed by atoms with Gasteiger partial charge in [-0.25, -0.2) is 0 Å². The Morgan fingerprint density at radius 1 is 1.14 bits per heavy atom. The molecule has 0 bridgehead atoms. The summed E-state index contributed by atoms with van der Waals surface area (Å²) in [6.07, 6.45) is -3.03. The minimum atomic E-state index is -4.51. The first kappa shape index (κ1) is 21.7. The number of hydrogen-bond acceptors (Lipinski definition) is 4. The average Bonchev–Trinajstić information content (AvgIpc) is 2.67. The summed E-state index contributed by atoms with van der Waals surface area (Å²) in [6.45, 7) is 0.